The molecule has 1 fully saturated rings. The fourth-order valence-electron chi connectivity index (χ4n) is 3.74. The number of alkyl halides is 3. The van der Waals surface area contributed by atoms with Gasteiger partial charge in [-0.1, -0.05) is 6.07 Å². The molecule has 1 atom stereocenters. The van der Waals surface area contributed by atoms with Crippen molar-refractivity contribution >= 4 is 0 Å². The second-order valence-electron chi connectivity index (χ2n) is 6.83. The predicted octanol–water partition coefficient (Wildman–Crippen LogP) is 4.03. The third kappa shape index (κ3) is 2.78. The summed E-state index contributed by atoms with van der Waals surface area (Å²) in [5, 5.41) is 0. The van der Waals surface area contributed by atoms with E-state index in [1.165, 1.54) is 6.07 Å². The van der Waals surface area contributed by atoms with Crippen molar-refractivity contribution in [1.29, 1.82) is 0 Å². The third-order valence-electron chi connectivity index (χ3n) is 5.06. The third-order valence-corrected chi connectivity index (χ3v) is 5.06. The van der Waals surface area contributed by atoms with E-state index in [-0.39, 0.29) is 0 Å². The quantitative estimate of drug-likeness (QED) is 0.814. The van der Waals surface area contributed by atoms with Gasteiger partial charge in [-0.25, -0.2) is 4.39 Å². The molecule has 1 aromatic heterocycles. The smallest absolute Gasteiger partial charge is 0.485 e. The summed E-state index contributed by atoms with van der Waals surface area (Å²) in [7, 11) is 0. The molecule has 2 aromatic rings. The van der Waals surface area contributed by atoms with Crippen LogP contribution in [-0.2, 0) is 5.54 Å². The average Bonchev–Trinajstić information content (AvgIpc) is 2.54. The zero-order valence-corrected chi connectivity index (χ0v) is 13.6. The van der Waals surface area contributed by atoms with Gasteiger partial charge in [-0.05, 0) is 49.1 Å². The van der Waals surface area contributed by atoms with Crippen LogP contribution in [0.5, 0.6) is 11.5 Å². The number of fused-ring (bicyclic) bond motifs is 1. The molecule has 1 aliphatic carbocycles. The summed E-state index contributed by atoms with van der Waals surface area (Å²) in [5.74, 6) is -1.50. The standard InChI is InChI=1S/C18H16F4N2O2/c19-12-9-11(4-5-13(12)26-18(20,21)22)17(23)10-16(6-2-7-16)25-14-3-1-8-24-15(14)17/h1,3-5,8-9H,2,6-7,10,23H2. The minimum atomic E-state index is -4.97. The Morgan fingerprint density at radius 1 is 1.19 bits per heavy atom. The number of hydrogen-bond donors (Lipinski definition) is 1. The molecular formula is C18H16F4N2O2. The first-order valence-electron chi connectivity index (χ1n) is 8.20. The van der Waals surface area contributed by atoms with Crippen molar-refractivity contribution in [3.63, 3.8) is 0 Å². The molecule has 1 spiro atoms. The van der Waals surface area contributed by atoms with E-state index < -0.39 is 29.1 Å². The van der Waals surface area contributed by atoms with Gasteiger partial charge in [0, 0.05) is 12.6 Å². The van der Waals surface area contributed by atoms with Gasteiger partial charge in [-0.3, -0.25) is 4.98 Å². The number of nitrogens with two attached hydrogens (primary N) is 1. The van der Waals surface area contributed by atoms with Gasteiger partial charge in [-0.2, -0.15) is 0 Å². The van der Waals surface area contributed by atoms with Crippen LogP contribution in [0.4, 0.5) is 17.6 Å². The molecule has 138 valence electrons. The van der Waals surface area contributed by atoms with Crippen LogP contribution in [0.2, 0.25) is 0 Å². The van der Waals surface area contributed by atoms with E-state index in [1.807, 2.05) is 0 Å². The number of rotatable bonds is 2. The lowest BCUT2D eigenvalue weighted by Gasteiger charge is -2.51. The van der Waals surface area contributed by atoms with Crippen molar-refractivity contribution in [3.8, 4) is 11.5 Å². The van der Waals surface area contributed by atoms with Crippen molar-refractivity contribution in [2.75, 3.05) is 0 Å². The molecule has 1 aliphatic heterocycles. The highest BCUT2D eigenvalue weighted by Crippen LogP contribution is 2.52. The Kier molecular flexibility index (Phi) is 3.66. The summed E-state index contributed by atoms with van der Waals surface area (Å²) >= 11 is 0. The summed E-state index contributed by atoms with van der Waals surface area (Å²) in [6, 6.07) is 6.74. The molecule has 0 bridgehead atoms. The van der Waals surface area contributed by atoms with Crippen LogP contribution >= 0.6 is 0 Å². The predicted molar refractivity (Wildman–Crippen MR) is 84.1 cm³/mol. The lowest BCUT2D eigenvalue weighted by atomic mass is 9.67. The molecule has 26 heavy (non-hydrogen) atoms. The van der Waals surface area contributed by atoms with Crippen LogP contribution in [0, 0.1) is 5.82 Å². The van der Waals surface area contributed by atoms with E-state index >= 15 is 0 Å². The van der Waals surface area contributed by atoms with Gasteiger partial charge >= 0.3 is 6.36 Å². The summed E-state index contributed by atoms with van der Waals surface area (Å²) in [6.45, 7) is 0. The van der Waals surface area contributed by atoms with E-state index in [0.29, 0.717) is 23.4 Å². The van der Waals surface area contributed by atoms with Crippen LogP contribution in [0.3, 0.4) is 0 Å². The van der Waals surface area contributed by atoms with Crippen LogP contribution in [-0.4, -0.2) is 16.9 Å². The SMILES string of the molecule is NC1(c2ccc(OC(F)(F)F)c(F)c2)CC2(CCC2)Oc2cccnc21. The van der Waals surface area contributed by atoms with Crippen molar-refractivity contribution in [3.05, 3.63) is 53.6 Å². The number of ether oxygens (including phenoxy) is 2. The molecule has 0 radical (unpaired) electrons. The second-order valence-corrected chi connectivity index (χ2v) is 6.83. The normalized spacial score (nSPS) is 23.7. The monoisotopic (exact) mass is 368 g/mol. The first-order chi connectivity index (χ1) is 12.2. The summed E-state index contributed by atoms with van der Waals surface area (Å²) in [5.41, 5.74) is 5.83. The Hall–Kier alpha value is -2.35. The first kappa shape index (κ1) is 17.1. The Labute approximate surface area is 146 Å². The Morgan fingerprint density at radius 3 is 2.58 bits per heavy atom. The van der Waals surface area contributed by atoms with Gasteiger partial charge in [0.1, 0.15) is 17.0 Å². The first-order valence-corrected chi connectivity index (χ1v) is 8.20. The number of halogens is 4. The molecule has 2 N–H and O–H groups in total. The molecule has 2 aliphatic rings. The molecule has 4 rings (SSSR count). The van der Waals surface area contributed by atoms with E-state index in [4.69, 9.17) is 10.5 Å². The van der Waals surface area contributed by atoms with E-state index in [0.717, 1.165) is 31.4 Å². The lowest BCUT2D eigenvalue weighted by molar-refractivity contribution is -0.275. The fourth-order valence-corrected chi connectivity index (χ4v) is 3.74. The van der Waals surface area contributed by atoms with Crippen LogP contribution in [0.1, 0.15) is 36.9 Å². The van der Waals surface area contributed by atoms with Gasteiger partial charge in [0.05, 0.1) is 5.54 Å². The highest BCUT2D eigenvalue weighted by Gasteiger charge is 2.52. The number of nitrogens with zero attached hydrogens (tertiary/aromatic N) is 1. The Morgan fingerprint density at radius 2 is 1.96 bits per heavy atom. The summed E-state index contributed by atoms with van der Waals surface area (Å²) < 4.78 is 61.1. The van der Waals surface area contributed by atoms with Crippen LogP contribution < -0.4 is 15.2 Å². The summed E-state index contributed by atoms with van der Waals surface area (Å²) in [4.78, 5) is 4.30. The second kappa shape index (κ2) is 5.57. The number of hydrogen-bond acceptors (Lipinski definition) is 4. The minimum absolute atomic E-state index is 0.332. The minimum Gasteiger partial charge on any atom is -0.485 e. The van der Waals surface area contributed by atoms with E-state index in [9.17, 15) is 17.6 Å². The van der Waals surface area contributed by atoms with Gasteiger partial charge in [0.2, 0.25) is 0 Å². The topological polar surface area (TPSA) is 57.4 Å². The highest BCUT2D eigenvalue weighted by molar-refractivity contribution is 5.47. The Balaban J connectivity index is 1.77. The average molecular weight is 368 g/mol. The number of pyridine rings is 1. The lowest BCUT2D eigenvalue weighted by Crippen LogP contribution is -2.56. The van der Waals surface area contributed by atoms with Crippen molar-refractivity contribution < 1.29 is 27.0 Å². The highest BCUT2D eigenvalue weighted by atomic mass is 19.4. The molecule has 4 nitrogen and oxygen atoms in total. The maximum absolute atomic E-state index is 14.2. The Bertz CT molecular complexity index is 851. The maximum Gasteiger partial charge on any atom is 0.573 e. The fraction of sp³-hybridized carbons (Fsp3) is 0.389. The van der Waals surface area contributed by atoms with Crippen LogP contribution in [0.15, 0.2) is 36.5 Å². The molecular weight excluding hydrogens is 352 g/mol. The van der Waals surface area contributed by atoms with E-state index in [2.05, 4.69) is 9.72 Å². The van der Waals surface area contributed by atoms with Crippen molar-refractivity contribution in [2.24, 2.45) is 5.73 Å². The van der Waals surface area contributed by atoms with Crippen molar-refractivity contribution in [2.45, 2.75) is 43.2 Å². The molecule has 1 aromatic carbocycles. The largest absolute Gasteiger partial charge is 0.573 e. The van der Waals surface area contributed by atoms with E-state index in [1.54, 1.807) is 18.3 Å². The molecule has 1 unspecified atom stereocenters. The maximum atomic E-state index is 14.2. The number of benzene rings is 1. The zero-order chi connectivity index (χ0) is 18.6. The summed E-state index contributed by atoms with van der Waals surface area (Å²) in [6.07, 6.45) is -0.400. The number of aromatic nitrogens is 1. The molecule has 0 amide bonds. The zero-order valence-electron chi connectivity index (χ0n) is 13.6. The molecule has 8 heteroatoms. The molecule has 0 saturated heterocycles. The van der Waals surface area contributed by atoms with Gasteiger partial charge in [-0.15, -0.1) is 13.2 Å². The van der Waals surface area contributed by atoms with Crippen molar-refractivity contribution in [1.82, 2.24) is 4.98 Å². The van der Waals surface area contributed by atoms with Gasteiger partial charge in [0.25, 0.3) is 0 Å². The molecule has 1 saturated carbocycles. The van der Waals surface area contributed by atoms with Gasteiger partial charge < -0.3 is 15.2 Å². The van der Waals surface area contributed by atoms with Gasteiger partial charge in [0.15, 0.2) is 11.6 Å². The molecule has 2 heterocycles. The van der Waals surface area contributed by atoms with Crippen LogP contribution in [0.25, 0.3) is 0 Å².